The largest absolute Gasteiger partial charge is 0.394 e. The molecule has 3 rings (SSSR count). The van der Waals surface area contributed by atoms with Gasteiger partial charge >= 0.3 is 0 Å². The Hall–Kier alpha value is -1.13. The molecule has 0 aliphatic carbocycles. The Balaban J connectivity index is 1.80. The van der Waals surface area contributed by atoms with Crippen molar-refractivity contribution in [1.29, 1.82) is 0 Å². The van der Waals surface area contributed by atoms with E-state index in [9.17, 15) is 55.9 Å². The third-order valence-corrected chi connectivity index (χ3v) is 6.48. The minimum absolute atomic E-state index is 0.580. The number of amides is 1. The van der Waals surface area contributed by atoms with E-state index in [0.29, 0.717) is 0 Å². The van der Waals surface area contributed by atoms with Crippen LogP contribution in [0, 0.1) is 0 Å². The number of aliphatic hydroxyl groups is 10. The lowest BCUT2D eigenvalue weighted by Gasteiger charge is -2.47. The van der Waals surface area contributed by atoms with Crippen molar-refractivity contribution in [1.82, 2.24) is 5.32 Å². The molecule has 3 saturated heterocycles. The highest BCUT2D eigenvalue weighted by atomic mass is 16.7. The Labute approximate surface area is 210 Å². The van der Waals surface area contributed by atoms with Crippen LogP contribution in [0.5, 0.6) is 0 Å². The van der Waals surface area contributed by atoms with E-state index in [1.807, 2.05) is 0 Å². The number of hydrogen-bond acceptors (Lipinski definition) is 16. The monoisotopic (exact) mass is 545 g/mol. The summed E-state index contributed by atoms with van der Waals surface area (Å²) in [6.45, 7) is -0.982. The highest BCUT2D eigenvalue weighted by Crippen LogP contribution is 2.30. The van der Waals surface area contributed by atoms with Crippen molar-refractivity contribution in [2.45, 2.75) is 99.0 Å². The van der Waals surface area contributed by atoms with E-state index in [4.69, 9.17) is 23.7 Å². The van der Waals surface area contributed by atoms with Gasteiger partial charge < -0.3 is 80.1 Å². The molecule has 0 radical (unpaired) electrons. The Morgan fingerprint density at radius 2 is 1.24 bits per heavy atom. The molecule has 0 saturated carbocycles. The average Bonchev–Trinajstić information content (AvgIpc) is 2.86. The summed E-state index contributed by atoms with van der Waals surface area (Å²) >= 11 is 0. The lowest BCUT2D eigenvalue weighted by molar-refractivity contribution is -0.349. The van der Waals surface area contributed by atoms with Crippen molar-refractivity contribution in [2.24, 2.45) is 0 Å². The first kappa shape index (κ1) is 30.4. The SMILES string of the molecule is CC(=O)N[C@H]1[C@@H](OC[C@H]2OC(O)[C@H](O)[C@@H](O)[C@@H]2O)O[C@H](CO)[C@H](O)[C@@H]1O[C@@H]1O[C@H](CO)[C@H](O)[C@H](O)[C@H]1O. The predicted octanol–water partition coefficient (Wildman–Crippen LogP) is -7.43. The fourth-order valence-electron chi connectivity index (χ4n) is 4.35. The van der Waals surface area contributed by atoms with Gasteiger partial charge in [-0.1, -0.05) is 0 Å². The van der Waals surface area contributed by atoms with E-state index in [2.05, 4.69) is 5.32 Å². The molecular weight excluding hydrogens is 510 g/mol. The summed E-state index contributed by atoms with van der Waals surface area (Å²) in [5.74, 6) is -0.651. The van der Waals surface area contributed by atoms with E-state index in [0.717, 1.165) is 6.92 Å². The molecule has 0 aromatic heterocycles. The van der Waals surface area contributed by atoms with Crippen LogP contribution in [0.25, 0.3) is 0 Å². The molecule has 15 atom stereocenters. The van der Waals surface area contributed by atoms with Gasteiger partial charge in [-0.3, -0.25) is 4.79 Å². The molecule has 17 nitrogen and oxygen atoms in total. The van der Waals surface area contributed by atoms with Crippen LogP contribution in [-0.4, -0.2) is 169 Å². The van der Waals surface area contributed by atoms with E-state index in [1.165, 1.54) is 0 Å². The minimum atomic E-state index is -1.85. The van der Waals surface area contributed by atoms with E-state index >= 15 is 0 Å². The van der Waals surface area contributed by atoms with Crippen LogP contribution in [0.2, 0.25) is 0 Å². The first-order valence-electron chi connectivity index (χ1n) is 11.6. The molecule has 0 aromatic rings. The number of hydrogen-bond donors (Lipinski definition) is 11. The number of nitrogens with one attached hydrogen (secondary N) is 1. The van der Waals surface area contributed by atoms with Gasteiger partial charge in [-0.25, -0.2) is 0 Å². The molecule has 216 valence electrons. The maximum Gasteiger partial charge on any atom is 0.217 e. The van der Waals surface area contributed by atoms with Crippen LogP contribution in [0.15, 0.2) is 0 Å². The molecule has 37 heavy (non-hydrogen) atoms. The van der Waals surface area contributed by atoms with Crippen LogP contribution in [0.4, 0.5) is 0 Å². The van der Waals surface area contributed by atoms with Gasteiger partial charge in [-0.05, 0) is 0 Å². The van der Waals surface area contributed by atoms with Crippen LogP contribution in [0.1, 0.15) is 6.92 Å². The molecular formula is C20H35NO16. The maximum atomic E-state index is 11.9. The minimum Gasteiger partial charge on any atom is -0.394 e. The standard InChI is InChI=1S/C20H35NO16/c1-5(24)21-9-17(37-20-16(31)14(29)10(25)6(2-22)36-20)12(27)7(3-23)35-19(9)33-4-8-11(26)13(28)15(30)18(32)34-8/h6-20,22-23,25-32H,2-4H2,1H3,(H,21,24)/t6-,7-,8-,9-,10+,11-,12+,13+,14+,15-,16-,17-,18?,19+,20+/m1/s1. The van der Waals surface area contributed by atoms with Crippen molar-refractivity contribution < 1.29 is 79.5 Å². The van der Waals surface area contributed by atoms with Gasteiger partial charge in [-0.15, -0.1) is 0 Å². The molecule has 3 heterocycles. The normalized spacial score (nSPS) is 49.0. The zero-order chi connectivity index (χ0) is 27.6. The van der Waals surface area contributed by atoms with Crippen molar-refractivity contribution in [3.63, 3.8) is 0 Å². The second-order valence-electron chi connectivity index (χ2n) is 9.11. The van der Waals surface area contributed by atoms with E-state index in [1.54, 1.807) is 0 Å². The molecule has 11 N–H and O–H groups in total. The third-order valence-electron chi connectivity index (χ3n) is 6.48. The Kier molecular flexibility index (Phi) is 10.5. The quantitative estimate of drug-likeness (QED) is 0.135. The number of carbonyl (C=O) groups excluding carboxylic acids is 1. The van der Waals surface area contributed by atoms with Gasteiger partial charge in [-0.2, -0.15) is 0 Å². The summed E-state index contributed by atoms with van der Waals surface area (Å²) in [4.78, 5) is 11.9. The van der Waals surface area contributed by atoms with Crippen LogP contribution in [0.3, 0.4) is 0 Å². The zero-order valence-electron chi connectivity index (χ0n) is 19.7. The molecule has 1 amide bonds. The molecule has 3 aliphatic rings. The van der Waals surface area contributed by atoms with Gasteiger partial charge in [0.05, 0.1) is 19.8 Å². The zero-order valence-corrected chi connectivity index (χ0v) is 19.7. The van der Waals surface area contributed by atoms with Gasteiger partial charge in [0.15, 0.2) is 18.9 Å². The second-order valence-corrected chi connectivity index (χ2v) is 9.11. The van der Waals surface area contributed by atoms with Crippen molar-refractivity contribution in [3.8, 4) is 0 Å². The second kappa shape index (κ2) is 12.8. The van der Waals surface area contributed by atoms with Crippen LogP contribution in [-0.2, 0) is 28.5 Å². The number of rotatable bonds is 8. The molecule has 0 aromatic carbocycles. The third kappa shape index (κ3) is 6.55. The highest BCUT2D eigenvalue weighted by Gasteiger charge is 2.52. The smallest absolute Gasteiger partial charge is 0.217 e. The summed E-state index contributed by atoms with van der Waals surface area (Å²) in [5, 5.41) is 102. The van der Waals surface area contributed by atoms with Crippen molar-refractivity contribution >= 4 is 5.91 Å². The van der Waals surface area contributed by atoms with Crippen molar-refractivity contribution in [2.75, 3.05) is 19.8 Å². The summed E-state index contributed by atoms with van der Waals surface area (Å²) in [7, 11) is 0. The summed E-state index contributed by atoms with van der Waals surface area (Å²) in [5.41, 5.74) is 0. The Morgan fingerprint density at radius 3 is 1.84 bits per heavy atom. The van der Waals surface area contributed by atoms with Gasteiger partial charge in [0.1, 0.15) is 73.2 Å². The van der Waals surface area contributed by atoms with Gasteiger partial charge in [0.25, 0.3) is 0 Å². The predicted molar refractivity (Wildman–Crippen MR) is 113 cm³/mol. The van der Waals surface area contributed by atoms with E-state index < -0.39 is 118 Å². The lowest BCUT2D eigenvalue weighted by Crippen LogP contribution is -2.68. The van der Waals surface area contributed by atoms with E-state index in [-0.39, 0.29) is 0 Å². The van der Waals surface area contributed by atoms with Gasteiger partial charge in [0, 0.05) is 6.92 Å². The number of carbonyl (C=O) groups is 1. The molecule has 3 fully saturated rings. The summed E-state index contributed by atoms with van der Waals surface area (Å²) < 4.78 is 27.1. The maximum absolute atomic E-state index is 11.9. The summed E-state index contributed by atoms with van der Waals surface area (Å²) in [6, 6.07) is -1.37. The summed E-state index contributed by atoms with van der Waals surface area (Å²) in [6.07, 6.45) is -22.9. The number of aliphatic hydroxyl groups excluding tert-OH is 10. The lowest BCUT2D eigenvalue weighted by atomic mass is 9.95. The highest BCUT2D eigenvalue weighted by molar-refractivity contribution is 5.73. The fourth-order valence-corrected chi connectivity index (χ4v) is 4.35. The Morgan fingerprint density at radius 1 is 0.703 bits per heavy atom. The average molecular weight is 545 g/mol. The first-order chi connectivity index (χ1) is 17.4. The van der Waals surface area contributed by atoms with Crippen molar-refractivity contribution in [3.05, 3.63) is 0 Å². The van der Waals surface area contributed by atoms with Gasteiger partial charge in [0.2, 0.25) is 5.91 Å². The first-order valence-corrected chi connectivity index (χ1v) is 11.6. The molecule has 17 heteroatoms. The molecule has 3 aliphatic heterocycles. The topological polar surface area (TPSA) is 278 Å². The molecule has 0 spiro atoms. The fraction of sp³-hybridized carbons (Fsp3) is 0.950. The molecule has 0 bridgehead atoms. The van der Waals surface area contributed by atoms with Crippen LogP contribution >= 0.6 is 0 Å². The number of ether oxygens (including phenoxy) is 5. The Bertz CT molecular complexity index is 745. The molecule has 1 unspecified atom stereocenters. The van der Waals surface area contributed by atoms with Crippen LogP contribution < -0.4 is 5.32 Å².